The van der Waals surface area contributed by atoms with Gasteiger partial charge in [0.2, 0.25) is 0 Å². The third kappa shape index (κ3) is 3.26. The van der Waals surface area contributed by atoms with Crippen LogP contribution in [0.25, 0.3) is 4.96 Å². The summed E-state index contributed by atoms with van der Waals surface area (Å²) in [5, 5.41) is 9.55. The van der Waals surface area contributed by atoms with E-state index in [2.05, 4.69) is 34.1 Å². The van der Waals surface area contributed by atoms with Crippen LogP contribution in [0.4, 0.5) is 0 Å². The first-order chi connectivity index (χ1) is 12.5. The number of carbonyl (C=O) groups is 1. The van der Waals surface area contributed by atoms with Crippen molar-refractivity contribution in [1.82, 2.24) is 29.4 Å². The summed E-state index contributed by atoms with van der Waals surface area (Å²) in [7, 11) is 0. The molecule has 4 rings (SSSR count). The van der Waals surface area contributed by atoms with E-state index in [1.54, 1.807) is 11.3 Å². The Balaban J connectivity index is 1.48. The van der Waals surface area contributed by atoms with Gasteiger partial charge in [0.05, 0.1) is 17.4 Å². The summed E-state index contributed by atoms with van der Waals surface area (Å²) >= 11 is 1.58. The molecule has 0 saturated heterocycles. The van der Waals surface area contributed by atoms with Crippen molar-refractivity contribution in [2.75, 3.05) is 6.54 Å². The Kier molecular flexibility index (Phi) is 4.54. The van der Waals surface area contributed by atoms with Gasteiger partial charge in [-0.05, 0) is 33.3 Å². The Morgan fingerprint density at radius 1 is 1.31 bits per heavy atom. The lowest BCUT2D eigenvalue weighted by Gasteiger charge is -2.23. The fourth-order valence-electron chi connectivity index (χ4n) is 3.34. The molecule has 26 heavy (non-hydrogen) atoms. The lowest BCUT2D eigenvalue weighted by Crippen LogP contribution is -2.30. The fourth-order valence-corrected chi connectivity index (χ4v) is 4.04. The molecule has 4 heterocycles. The van der Waals surface area contributed by atoms with Crippen LogP contribution in [0.5, 0.6) is 0 Å². The molecule has 1 N–H and O–H groups in total. The van der Waals surface area contributed by atoms with Gasteiger partial charge >= 0.3 is 0 Å². The molecule has 0 unspecified atom stereocenters. The molecule has 0 fully saturated rings. The van der Waals surface area contributed by atoms with E-state index in [0.717, 1.165) is 42.4 Å². The van der Waals surface area contributed by atoms with E-state index in [1.807, 2.05) is 39.8 Å². The molecule has 7 nitrogen and oxygen atoms in total. The highest BCUT2D eigenvalue weighted by Gasteiger charge is 2.22. The SMILES string of the molecule is CC(C)N1CCCn2nc(C(=O)N[C@@H](C)c3cn4ccsc4n3)cc2C1. The normalized spacial score (nSPS) is 16.6. The maximum atomic E-state index is 12.7. The zero-order valence-corrected chi connectivity index (χ0v) is 16.2. The van der Waals surface area contributed by atoms with Gasteiger partial charge < -0.3 is 5.32 Å². The summed E-state index contributed by atoms with van der Waals surface area (Å²) in [6, 6.07) is 2.25. The van der Waals surface area contributed by atoms with E-state index >= 15 is 0 Å². The van der Waals surface area contributed by atoms with E-state index in [1.165, 1.54) is 0 Å². The number of aromatic nitrogens is 4. The molecular weight excluding hydrogens is 348 g/mol. The largest absolute Gasteiger partial charge is 0.342 e. The number of fused-ring (bicyclic) bond motifs is 2. The lowest BCUT2D eigenvalue weighted by atomic mass is 10.2. The quantitative estimate of drug-likeness (QED) is 0.765. The summed E-state index contributed by atoms with van der Waals surface area (Å²) in [4.78, 5) is 20.6. The number of aryl methyl sites for hydroxylation is 1. The average Bonchev–Trinajstić information content (AvgIpc) is 3.26. The number of imidazole rings is 1. The van der Waals surface area contributed by atoms with Crippen LogP contribution in [0, 0.1) is 0 Å². The summed E-state index contributed by atoms with van der Waals surface area (Å²) in [6.45, 7) is 9.13. The molecule has 0 spiro atoms. The fraction of sp³-hybridized carbons (Fsp3) is 0.500. The minimum Gasteiger partial charge on any atom is -0.342 e. The lowest BCUT2D eigenvalue weighted by molar-refractivity contribution is 0.0933. The van der Waals surface area contributed by atoms with Crippen LogP contribution < -0.4 is 5.32 Å². The molecule has 1 aliphatic heterocycles. The molecule has 1 amide bonds. The molecule has 0 aromatic carbocycles. The third-order valence-electron chi connectivity index (χ3n) is 4.91. The van der Waals surface area contributed by atoms with Crippen LogP contribution in [-0.2, 0) is 13.1 Å². The van der Waals surface area contributed by atoms with Gasteiger partial charge in [-0.15, -0.1) is 11.3 Å². The highest BCUT2D eigenvalue weighted by atomic mass is 32.1. The first kappa shape index (κ1) is 17.2. The summed E-state index contributed by atoms with van der Waals surface area (Å²) in [6.07, 6.45) is 4.98. The zero-order chi connectivity index (χ0) is 18.3. The Morgan fingerprint density at radius 2 is 2.15 bits per heavy atom. The molecule has 138 valence electrons. The van der Waals surface area contributed by atoms with E-state index in [-0.39, 0.29) is 11.9 Å². The average molecular weight is 372 g/mol. The number of hydrogen-bond acceptors (Lipinski definition) is 5. The number of hydrogen-bond donors (Lipinski definition) is 1. The molecule has 1 aliphatic rings. The second-order valence-corrected chi connectivity index (χ2v) is 7.99. The summed E-state index contributed by atoms with van der Waals surface area (Å²) in [5.74, 6) is -0.148. The molecular formula is C18H24N6OS. The van der Waals surface area contributed by atoms with Gasteiger partial charge in [0, 0.05) is 43.4 Å². The van der Waals surface area contributed by atoms with E-state index < -0.39 is 0 Å². The van der Waals surface area contributed by atoms with Crippen molar-refractivity contribution in [3.8, 4) is 0 Å². The van der Waals surface area contributed by atoms with Crippen molar-refractivity contribution < 1.29 is 4.79 Å². The number of carbonyl (C=O) groups excluding carboxylic acids is 1. The molecule has 1 atom stereocenters. The number of rotatable bonds is 4. The van der Waals surface area contributed by atoms with Crippen LogP contribution in [0.3, 0.4) is 0 Å². The van der Waals surface area contributed by atoms with Gasteiger partial charge in [-0.1, -0.05) is 0 Å². The van der Waals surface area contributed by atoms with Crippen LogP contribution in [0.15, 0.2) is 23.8 Å². The van der Waals surface area contributed by atoms with Gasteiger partial charge in [-0.25, -0.2) is 4.98 Å². The number of nitrogens with one attached hydrogen (secondary N) is 1. The van der Waals surface area contributed by atoms with E-state index in [0.29, 0.717) is 11.7 Å². The first-order valence-corrected chi connectivity index (χ1v) is 9.93. The smallest absolute Gasteiger partial charge is 0.272 e. The van der Waals surface area contributed by atoms with Gasteiger partial charge in [0.1, 0.15) is 0 Å². The van der Waals surface area contributed by atoms with Crippen LogP contribution >= 0.6 is 11.3 Å². The van der Waals surface area contributed by atoms with Crippen molar-refractivity contribution in [3.63, 3.8) is 0 Å². The molecule has 8 heteroatoms. The van der Waals surface area contributed by atoms with Crippen molar-refractivity contribution in [2.45, 2.75) is 52.4 Å². The van der Waals surface area contributed by atoms with Crippen LogP contribution in [0.2, 0.25) is 0 Å². The Morgan fingerprint density at radius 3 is 2.92 bits per heavy atom. The van der Waals surface area contributed by atoms with Gasteiger partial charge in [0.25, 0.3) is 5.91 Å². The number of thiazole rings is 1. The molecule has 0 bridgehead atoms. The predicted molar refractivity (Wildman–Crippen MR) is 101 cm³/mol. The van der Waals surface area contributed by atoms with Crippen LogP contribution in [0.1, 0.15) is 55.1 Å². The van der Waals surface area contributed by atoms with Crippen molar-refractivity contribution >= 4 is 22.2 Å². The van der Waals surface area contributed by atoms with Crippen LogP contribution in [-0.4, -0.2) is 42.6 Å². The third-order valence-corrected chi connectivity index (χ3v) is 5.68. The number of nitrogens with zero attached hydrogens (tertiary/aromatic N) is 5. The summed E-state index contributed by atoms with van der Waals surface area (Å²) < 4.78 is 3.95. The molecule has 0 radical (unpaired) electrons. The maximum Gasteiger partial charge on any atom is 0.272 e. The highest BCUT2D eigenvalue weighted by molar-refractivity contribution is 7.15. The van der Waals surface area contributed by atoms with Crippen molar-refractivity contribution in [2.24, 2.45) is 0 Å². The molecule has 0 aliphatic carbocycles. The van der Waals surface area contributed by atoms with Gasteiger partial charge in [0.15, 0.2) is 10.7 Å². The van der Waals surface area contributed by atoms with Gasteiger partial charge in [-0.2, -0.15) is 5.10 Å². The van der Waals surface area contributed by atoms with E-state index in [4.69, 9.17) is 0 Å². The molecule has 3 aromatic rings. The minimum absolute atomic E-state index is 0.148. The van der Waals surface area contributed by atoms with E-state index in [9.17, 15) is 4.79 Å². The van der Waals surface area contributed by atoms with Crippen molar-refractivity contribution in [1.29, 1.82) is 0 Å². The standard InChI is InChI=1S/C18H24N6OS/c1-12(2)22-5-4-6-24-14(10-22)9-15(21-24)17(25)19-13(3)16-11-23-7-8-26-18(23)20-16/h7-9,11-13H,4-6,10H2,1-3H3,(H,19,25)/t13-/m0/s1. The minimum atomic E-state index is -0.164. The monoisotopic (exact) mass is 372 g/mol. The zero-order valence-electron chi connectivity index (χ0n) is 15.3. The predicted octanol–water partition coefficient (Wildman–Crippen LogP) is 2.70. The number of amides is 1. The maximum absolute atomic E-state index is 12.7. The molecule has 0 saturated carbocycles. The highest BCUT2D eigenvalue weighted by Crippen LogP contribution is 2.19. The van der Waals surface area contributed by atoms with Gasteiger partial charge in [-0.3, -0.25) is 18.8 Å². The second kappa shape index (κ2) is 6.85. The summed E-state index contributed by atoms with van der Waals surface area (Å²) in [5.41, 5.74) is 2.45. The molecule has 3 aromatic heterocycles. The second-order valence-electron chi connectivity index (χ2n) is 7.12. The van der Waals surface area contributed by atoms with Crippen molar-refractivity contribution in [3.05, 3.63) is 40.9 Å². The Hall–Kier alpha value is -2.19. The topological polar surface area (TPSA) is 67.5 Å². The Bertz CT molecular complexity index is 895. The Labute approximate surface area is 156 Å². The first-order valence-electron chi connectivity index (χ1n) is 9.05.